The highest BCUT2D eigenvalue weighted by Gasteiger charge is 2.51. The summed E-state index contributed by atoms with van der Waals surface area (Å²) in [5.74, 6) is 0.102. The minimum atomic E-state index is -0.382. The van der Waals surface area contributed by atoms with Crippen molar-refractivity contribution < 1.29 is 4.79 Å². The summed E-state index contributed by atoms with van der Waals surface area (Å²) in [7, 11) is 0. The van der Waals surface area contributed by atoms with Gasteiger partial charge in [-0.25, -0.2) is 0 Å². The molecule has 4 rings (SSSR count). The Labute approximate surface area is 154 Å². The molecule has 0 aliphatic heterocycles. The number of hydrogen-bond acceptors (Lipinski definition) is 2. The lowest BCUT2D eigenvalue weighted by Gasteiger charge is -2.20. The highest BCUT2D eigenvalue weighted by atomic mass is 16.2. The minimum absolute atomic E-state index is 0.0264. The zero-order chi connectivity index (χ0) is 18.0. The van der Waals surface area contributed by atoms with Gasteiger partial charge in [0.25, 0.3) is 0 Å². The molecule has 1 heterocycles. The average Bonchev–Trinajstić information content (AvgIpc) is 3.52. The molecule has 3 heteroatoms. The van der Waals surface area contributed by atoms with E-state index in [1.54, 1.807) is 6.20 Å². The molecule has 1 amide bonds. The quantitative estimate of drug-likeness (QED) is 0.733. The molecular formula is C23H22N2O. The third kappa shape index (κ3) is 3.13. The van der Waals surface area contributed by atoms with Crippen molar-refractivity contribution in [3.8, 4) is 11.1 Å². The molecule has 0 saturated heterocycles. The molecule has 0 unspecified atom stereocenters. The Morgan fingerprint density at radius 1 is 0.962 bits per heavy atom. The van der Waals surface area contributed by atoms with Crippen LogP contribution in [0.4, 0.5) is 0 Å². The van der Waals surface area contributed by atoms with Crippen LogP contribution in [0.5, 0.6) is 0 Å². The normalized spacial score (nSPS) is 15.9. The standard InChI is InChI=1S/C23H22N2O/c1-17(18-9-11-20(12-10-18)19-6-3-2-4-7-19)25-22(26)23(13-14-23)21-8-5-15-24-16-21/h2-12,15-17H,13-14H2,1H3,(H,25,26)/t17-/m0/s1. The lowest BCUT2D eigenvalue weighted by Crippen LogP contribution is -2.36. The molecule has 1 fully saturated rings. The Hall–Kier alpha value is -2.94. The number of aromatic nitrogens is 1. The molecule has 3 aromatic rings. The van der Waals surface area contributed by atoms with Crippen LogP contribution in [-0.4, -0.2) is 10.9 Å². The van der Waals surface area contributed by atoms with E-state index in [0.29, 0.717) is 0 Å². The van der Waals surface area contributed by atoms with Crippen molar-refractivity contribution in [3.63, 3.8) is 0 Å². The second kappa shape index (κ2) is 6.75. The molecule has 130 valence electrons. The van der Waals surface area contributed by atoms with Crippen LogP contribution in [-0.2, 0) is 10.2 Å². The van der Waals surface area contributed by atoms with Gasteiger partial charge in [-0.15, -0.1) is 0 Å². The Kier molecular flexibility index (Phi) is 4.29. The molecule has 26 heavy (non-hydrogen) atoms. The average molecular weight is 342 g/mol. The topological polar surface area (TPSA) is 42.0 Å². The maximum Gasteiger partial charge on any atom is 0.231 e. The lowest BCUT2D eigenvalue weighted by molar-refractivity contribution is -0.124. The fraction of sp³-hybridized carbons (Fsp3) is 0.217. The molecule has 0 radical (unpaired) electrons. The number of hydrogen-bond donors (Lipinski definition) is 1. The second-order valence-corrected chi connectivity index (χ2v) is 7.01. The number of rotatable bonds is 5. The van der Waals surface area contributed by atoms with E-state index in [2.05, 4.69) is 46.7 Å². The summed E-state index contributed by atoms with van der Waals surface area (Å²) in [5.41, 5.74) is 4.13. The van der Waals surface area contributed by atoms with Crippen molar-refractivity contribution in [2.45, 2.75) is 31.2 Å². The summed E-state index contributed by atoms with van der Waals surface area (Å²) < 4.78 is 0. The number of benzene rings is 2. The summed E-state index contributed by atoms with van der Waals surface area (Å²) in [4.78, 5) is 17.0. The first-order valence-electron chi connectivity index (χ1n) is 9.06. The molecule has 1 aliphatic rings. The summed E-state index contributed by atoms with van der Waals surface area (Å²) >= 11 is 0. The molecular weight excluding hydrogens is 320 g/mol. The van der Waals surface area contributed by atoms with Crippen LogP contribution in [0.3, 0.4) is 0 Å². The van der Waals surface area contributed by atoms with E-state index in [0.717, 1.165) is 24.0 Å². The molecule has 0 bridgehead atoms. The SMILES string of the molecule is C[C@H](NC(=O)C1(c2cccnc2)CC1)c1ccc(-c2ccccc2)cc1. The van der Waals surface area contributed by atoms with Crippen LogP contribution < -0.4 is 5.32 Å². The van der Waals surface area contributed by atoms with Crippen molar-refractivity contribution in [3.05, 3.63) is 90.3 Å². The highest BCUT2D eigenvalue weighted by Crippen LogP contribution is 2.48. The van der Waals surface area contributed by atoms with Crippen molar-refractivity contribution in [2.24, 2.45) is 0 Å². The van der Waals surface area contributed by atoms with Gasteiger partial charge < -0.3 is 5.32 Å². The van der Waals surface area contributed by atoms with E-state index < -0.39 is 0 Å². The van der Waals surface area contributed by atoms with Gasteiger partial charge in [0.1, 0.15) is 0 Å². The molecule has 0 spiro atoms. The lowest BCUT2D eigenvalue weighted by atomic mass is 9.95. The van der Waals surface area contributed by atoms with E-state index in [1.165, 1.54) is 11.1 Å². The summed E-state index contributed by atoms with van der Waals surface area (Å²) in [6, 6.07) is 22.6. The van der Waals surface area contributed by atoms with Gasteiger partial charge in [-0.3, -0.25) is 9.78 Å². The third-order valence-electron chi connectivity index (χ3n) is 5.26. The highest BCUT2D eigenvalue weighted by molar-refractivity contribution is 5.91. The van der Waals surface area contributed by atoms with Crippen LogP contribution >= 0.6 is 0 Å². The first-order chi connectivity index (χ1) is 12.7. The zero-order valence-electron chi connectivity index (χ0n) is 14.9. The van der Waals surface area contributed by atoms with Gasteiger partial charge in [-0.05, 0) is 48.1 Å². The van der Waals surface area contributed by atoms with Gasteiger partial charge in [0.05, 0.1) is 11.5 Å². The van der Waals surface area contributed by atoms with E-state index in [4.69, 9.17) is 0 Å². The Morgan fingerprint density at radius 2 is 1.65 bits per heavy atom. The maximum atomic E-state index is 12.9. The minimum Gasteiger partial charge on any atom is -0.349 e. The summed E-state index contributed by atoms with van der Waals surface area (Å²) in [5, 5.41) is 3.19. The molecule has 1 aliphatic carbocycles. The van der Waals surface area contributed by atoms with Crippen molar-refractivity contribution >= 4 is 5.91 Å². The van der Waals surface area contributed by atoms with Crippen LogP contribution in [0.2, 0.25) is 0 Å². The van der Waals surface area contributed by atoms with Crippen LogP contribution in [0.25, 0.3) is 11.1 Å². The number of pyridine rings is 1. The smallest absolute Gasteiger partial charge is 0.231 e. The summed E-state index contributed by atoms with van der Waals surface area (Å²) in [6.07, 6.45) is 5.34. The fourth-order valence-electron chi connectivity index (χ4n) is 3.43. The Balaban J connectivity index is 1.47. The van der Waals surface area contributed by atoms with Crippen LogP contribution in [0, 0.1) is 0 Å². The first kappa shape index (κ1) is 16.5. The molecule has 1 aromatic heterocycles. The largest absolute Gasteiger partial charge is 0.349 e. The Bertz CT molecular complexity index is 885. The Morgan fingerprint density at radius 3 is 2.27 bits per heavy atom. The van der Waals surface area contributed by atoms with Crippen molar-refractivity contribution in [1.29, 1.82) is 0 Å². The monoisotopic (exact) mass is 342 g/mol. The fourth-order valence-corrected chi connectivity index (χ4v) is 3.43. The molecule has 1 N–H and O–H groups in total. The van der Waals surface area contributed by atoms with Gasteiger partial charge in [-0.1, -0.05) is 60.7 Å². The van der Waals surface area contributed by atoms with Gasteiger partial charge in [0.15, 0.2) is 0 Å². The van der Waals surface area contributed by atoms with E-state index in [1.807, 2.05) is 43.5 Å². The number of nitrogens with zero attached hydrogens (tertiary/aromatic N) is 1. The predicted octanol–water partition coefficient (Wildman–Crippen LogP) is 4.66. The predicted molar refractivity (Wildman–Crippen MR) is 104 cm³/mol. The van der Waals surface area contributed by atoms with Gasteiger partial charge in [0.2, 0.25) is 5.91 Å². The molecule has 2 aromatic carbocycles. The van der Waals surface area contributed by atoms with Gasteiger partial charge >= 0.3 is 0 Å². The van der Waals surface area contributed by atoms with Crippen LogP contribution in [0.1, 0.15) is 36.9 Å². The van der Waals surface area contributed by atoms with E-state index >= 15 is 0 Å². The van der Waals surface area contributed by atoms with Crippen molar-refractivity contribution in [1.82, 2.24) is 10.3 Å². The van der Waals surface area contributed by atoms with Crippen LogP contribution in [0.15, 0.2) is 79.1 Å². The number of amides is 1. The number of carbonyl (C=O) groups excluding carboxylic acids is 1. The van der Waals surface area contributed by atoms with Crippen molar-refractivity contribution in [2.75, 3.05) is 0 Å². The molecule has 1 saturated carbocycles. The number of carbonyl (C=O) groups is 1. The second-order valence-electron chi connectivity index (χ2n) is 7.01. The molecule has 3 nitrogen and oxygen atoms in total. The first-order valence-corrected chi connectivity index (χ1v) is 9.06. The molecule has 1 atom stereocenters. The third-order valence-corrected chi connectivity index (χ3v) is 5.26. The van der Waals surface area contributed by atoms with Gasteiger partial charge in [0, 0.05) is 12.4 Å². The van der Waals surface area contributed by atoms with E-state index in [-0.39, 0.29) is 17.4 Å². The number of nitrogens with one attached hydrogen (secondary N) is 1. The van der Waals surface area contributed by atoms with Gasteiger partial charge in [-0.2, -0.15) is 0 Å². The van der Waals surface area contributed by atoms with E-state index in [9.17, 15) is 4.79 Å². The summed E-state index contributed by atoms with van der Waals surface area (Å²) in [6.45, 7) is 2.04. The zero-order valence-corrected chi connectivity index (χ0v) is 14.9. The maximum absolute atomic E-state index is 12.9.